The van der Waals surface area contributed by atoms with E-state index < -0.39 is 26.4 Å². The molecule has 1 aliphatic carbocycles. The number of alkyl halides is 3. The number of allylic oxidation sites excluding steroid dienone is 2. The van der Waals surface area contributed by atoms with E-state index >= 15 is 0 Å². The summed E-state index contributed by atoms with van der Waals surface area (Å²) in [7, 11) is -4.35. The summed E-state index contributed by atoms with van der Waals surface area (Å²) in [5, 5.41) is 8.30. The van der Waals surface area contributed by atoms with E-state index in [4.69, 9.17) is 0 Å². The van der Waals surface area contributed by atoms with Gasteiger partial charge in [-0.05, 0) is 30.3 Å². The van der Waals surface area contributed by atoms with Crippen LogP contribution in [0.15, 0.2) is 65.7 Å². The first-order valence-corrected chi connectivity index (χ1v) is 11.7. The molecule has 33 heavy (non-hydrogen) atoms. The van der Waals surface area contributed by atoms with Gasteiger partial charge >= 0.3 is 30.1 Å². The van der Waals surface area contributed by atoms with Gasteiger partial charge in [-0.15, -0.1) is 0 Å². The third-order valence-corrected chi connectivity index (χ3v) is 8.25. The molecule has 3 aliphatic rings. The maximum atomic E-state index is 14.2. The summed E-state index contributed by atoms with van der Waals surface area (Å²) in [5.74, 6) is 0. The normalized spacial score (nSPS) is 22.9. The minimum atomic E-state index is -4.65. The number of H-pyrrole nitrogens is 1. The van der Waals surface area contributed by atoms with Crippen LogP contribution in [0.2, 0.25) is 0 Å². The van der Waals surface area contributed by atoms with Gasteiger partial charge in [0.1, 0.15) is 0 Å². The number of sulfone groups is 1. The Labute approximate surface area is 206 Å². The fourth-order valence-electron chi connectivity index (χ4n) is 4.50. The van der Waals surface area contributed by atoms with Crippen LogP contribution < -0.4 is 15.9 Å². The molecule has 1 unspecified atom stereocenters. The molecule has 2 aromatic rings. The number of nitrogens with one attached hydrogen (secondary N) is 2. The number of benzene rings is 1. The summed E-state index contributed by atoms with van der Waals surface area (Å²) in [5.41, 5.74) is -0.528. The SMILES string of the molecule is O=S(=O)(c1cccc(C(F)(F)F)c1)C12C=CC=CC1=c1[nH]ccc1=CN2N1CCNCC1.[SnH2]. The summed E-state index contributed by atoms with van der Waals surface area (Å²) in [6.07, 6.45) is 5.47. The van der Waals surface area contributed by atoms with Crippen LogP contribution in [-0.4, -0.2) is 78.4 Å². The van der Waals surface area contributed by atoms with Crippen molar-refractivity contribution in [2.75, 3.05) is 26.2 Å². The molecule has 5 rings (SSSR count). The van der Waals surface area contributed by atoms with Gasteiger partial charge in [0.05, 0.1) is 15.8 Å². The third kappa shape index (κ3) is 3.76. The number of rotatable bonds is 3. The number of hydrazine groups is 1. The monoisotopic (exact) mass is 584 g/mol. The molecule has 0 bridgehead atoms. The fourth-order valence-corrected chi connectivity index (χ4v) is 6.53. The van der Waals surface area contributed by atoms with Gasteiger partial charge < -0.3 is 10.3 Å². The predicted molar refractivity (Wildman–Crippen MR) is 122 cm³/mol. The van der Waals surface area contributed by atoms with Crippen LogP contribution in [0, 0.1) is 0 Å². The molecule has 1 aromatic carbocycles. The zero-order valence-electron chi connectivity index (χ0n) is 17.6. The Morgan fingerprint density at radius 1 is 1.06 bits per heavy atom. The van der Waals surface area contributed by atoms with Crippen LogP contribution in [-0.2, 0) is 16.0 Å². The van der Waals surface area contributed by atoms with E-state index in [0.29, 0.717) is 43.2 Å². The molecule has 11 heteroatoms. The van der Waals surface area contributed by atoms with E-state index in [1.54, 1.807) is 41.7 Å². The molecule has 0 saturated carbocycles. The molecule has 3 heterocycles. The van der Waals surface area contributed by atoms with Crippen molar-refractivity contribution in [3.05, 3.63) is 77.0 Å². The van der Waals surface area contributed by atoms with Gasteiger partial charge in [0.15, 0.2) is 0 Å². The summed E-state index contributed by atoms with van der Waals surface area (Å²) >= 11 is 0. The molecule has 174 valence electrons. The predicted octanol–water partition coefficient (Wildman–Crippen LogP) is 0.438. The number of halogens is 3. The zero-order chi connectivity index (χ0) is 22.6. The van der Waals surface area contributed by atoms with Gasteiger partial charge in [0, 0.05) is 49.4 Å². The van der Waals surface area contributed by atoms with Crippen molar-refractivity contribution in [1.82, 2.24) is 20.3 Å². The average Bonchev–Trinajstić information content (AvgIpc) is 3.27. The maximum absolute atomic E-state index is 14.2. The van der Waals surface area contributed by atoms with Crippen LogP contribution in [0.25, 0.3) is 11.8 Å². The Kier molecular flexibility index (Phi) is 6.31. The zero-order valence-corrected chi connectivity index (χ0v) is 22.5. The van der Waals surface area contributed by atoms with Crippen molar-refractivity contribution in [3.8, 4) is 0 Å². The standard InChI is InChI=1S/C22H21F3N4O2S.Sn.2H/c23-22(24,25)17-4-3-5-18(14-17)32(30,31)21-8-2-1-6-19(21)20-16(7-9-27-20)15-29(21)28-12-10-26-11-13-28;;;/h1-9,14-15,26-27H,10-13H2;;;. The molecule has 0 spiro atoms. The van der Waals surface area contributed by atoms with Gasteiger partial charge in [-0.2, -0.15) is 13.2 Å². The van der Waals surface area contributed by atoms with Crippen molar-refractivity contribution in [2.24, 2.45) is 0 Å². The molecule has 2 aliphatic heterocycles. The average molecular weight is 583 g/mol. The summed E-state index contributed by atoms with van der Waals surface area (Å²) in [6, 6.07) is 5.81. The second kappa shape index (κ2) is 8.64. The Hall–Kier alpha value is -2.02. The van der Waals surface area contributed by atoms with Crippen molar-refractivity contribution in [3.63, 3.8) is 0 Å². The number of nitrogens with zero attached hydrogens (tertiary/aromatic N) is 2. The molecule has 1 atom stereocenters. The summed E-state index contributed by atoms with van der Waals surface area (Å²) in [6.45, 7) is 2.44. The Morgan fingerprint density at radius 3 is 2.55 bits per heavy atom. The number of aromatic nitrogens is 1. The first-order valence-electron chi connectivity index (χ1n) is 10.2. The van der Waals surface area contributed by atoms with Crippen LogP contribution in [0.1, 0.15) is 5.56 Å². The summed E-state index contributed by atoms with van der Waals surface area (Å²) in [4.78, 5) is 1.01. The molecule has 1 saturated heterocycles. The number of aromatic amines is 1. The van der Waals surface area contributed by atoms with E-state index in [2.05, 4.69) is 10.3 Å². The van der Waals surface area contributed by atoms with E-state index in [-0.39, 0.29) is 28.8 Å². The van der Waals surface area contributed by atoms with Crippen molar-refractivity contribution in [2.45, 2.75) is 15.9 Å². The first kappa shape index (κ1) is 24.1. The van der Waals surface area contributed by atoms with Crippen molar-refractivity contribution < 1.29 is 21.6 Å². The molecule has 1 aromatic heterocycles. The Morgan fingerprint density at radius 2 is 1.82 bits per heavy atom. The van der Waals surface area contributed by atoms with Crippen LogP contribution in [0.5, 0.6) is 0 Å². The third-order valence-electron chi connectivity index (χ3n) is 6.01. The molecule has 1 fully saturated rings. The van der Waals surface area contributed by atoms with Crippen molar-refractivity contribution >= 4 is 45.5 Å². The Bertz CT molecular complexity index is 1340. The quantitative estimate of drug-likeness (QED) is 0.514. The van der Waals surface area contributed by atoms with Crippen molar-refractivity contribution in [1.29, 1.82) is 0 Å². The molecule has 2 N–H and O–H groups in total. The van der Waals surface area contributed by atoms with E-state index in [9.17, 15) is 21.6 Å². The van der Waals surface area contributed by atoms with Gasteiger partial charge in [-0.25, -0.2) is 13.4 Å². The van der Waals surface area contributed by atoms with E-state index in [1.807, 2.05) is 11.1 Å². The number of piperazine rings is 1. The first-order chi connectivity index (χ1) is 15.2. The Balaban J connectivity index is 0.00000259. The molecule has 2 radical (unpaired) electrons. The molecular formula is C22H23F3N4O2SSn. The molecule has 6 nitrogen and oxygen atoms in total. The number of hydrogen-bond donors (Lipinski definition) is 2. The van der Waals surface area contributed by atoms with Gasteiger partial charge in [-0.1, -0.05) is 24.3 Å². The van der Waals surface area contributed by atoms with Crippen LogP contribution in [0.3, 0.4) is 0 Å². The van der Waals surface area contributed by atoms with E-state index in [1.165, 1.54) is 6.07 Å². The van der Waals surface area contributed by atoms with Gasteiger partial charge in [-0.3, -0.25) is 5.01 Å². The summed E-state index contributed by atoms with van der Waals surface area (Å²) < 4.78 is 68.6. The van der Waals surface area contributed by atoms with Gasteiger partial charge in [0.2, 0.25) is 14.7 Å². The molecular weight excluding hydrogens is 560 g/mol. The van der Waals surface area contributed by atoms with E-state index in [0.717, 1.165) is 17.4 Å². The van der Waals surface area contributed by atoms with Crippen LogP contribution >= 0.6 is 0 Å². The number of hydrogen-bond acceptors (Lipinski definition) is 5. The minimum absolute atomic E-state index is 0. The van der Waals surface area contributed by atoms with Crippen LogP contribution in [0.4, 0.5) is 13.2 Å². The van der Waals surface area contributed by atoms with Gasteiger partial charge in [0.25, 0.3) is 0 Å². The molecule has 0 amide bonds. The topological polar surface area (TPSA) is 68.4 Å². The number of fused-ring (bicyclic) bond motifs is 2. The second-order valence-corrected chi connectivity index (χ2v) is 9.94. The fraction of sp³-hybridized carbons (Fsp3) is 0.273. The second-order valence-electron chi connectivity index (χ2n) is 7.84.